The molecule has 0 saturated heterocycles. The Labute approximate surface area is 268 Å². The second-order valence-electron chi connectivity index (χ2n) is 11.8. The first-order valence-corrected chi connectivity index (χ1v) is 15.8. The van der Waals surface area contributed by atoms with E-state index >= 15 is 0 Å². The molecule has 0 aliphatic heterocycles. The molecule has 0 unspecified atom stereocenters. The highest BCUT2D eigenvalue weighted by molar-refractivity contribution is 6.24. The zero-order valence-electron chi connectivity index (χ0n) is 25.2. The van der Waals surface area contributed by atoms with Crippen molar-refractivity contribution in [2.75, 3.05) is 4.90 Å². The number of aromatic nitrogens is 1. The van der Waals surface area contributed by atoms with Gasteiger partial charge in [0.15, 0.2) is 0 Å². The molecular formula is C44H30N2. The standard InChI is InChI=1S/C44H30N2/c1-3-14-36(15-4-1)45(40-19-9-12-33-11-7-8-18-39(33)40)38-27-23-31(24-28-38)21-22-32-29-35-26-25-34-13-10-20-41-43(34)44(35)42(30-32)46(41)37-16-5-2-6-17-37/h1-30H. The summed E-state index contributed by atoms with van der Waals surface area (Å²) in [4.78, 5) is 2.34. The van der Waals surface area contributed by atoms with E-state index in [4.69, 9.17) is 0 Å². The van der Waals surface area contributed by atoms with Crippen LogP contribution in [0, 0.1) is 0 Å². The smallest absolute Gasteiger partial charge is 0.0553 e. The van der Waals surface area contributed by atoms with E-state index in [1.807, 2.05) is 0 Å². The molecule has 216 valence electrons. The van der Waals surface area contributed by atoms with Crippen LogP contribution in [-0.4, -0.2) is 4.57 Å². The van der Waals surface area contributed by atoms with Gasteiger partial charge in [-0.25, -0.2) is 0 Å². The molecule has 0 atom stereocenters. The Hall–Kier alpha value is -6.12. The predicted octanol–water partition coefficient (Wildman–Crippen LogP) is 12.2. The minimum absolute atomic E-state index is 1.12. The molecule has 0 aliphatic rings. The van der Waals surface area contributed by atoms with E-state index in [-0.39, 0.29) is 0 Å². The minimum atomic E-state index is 1.12. The van der Waals surface area contributed by atoms with E-state index in [1.54, 1.807) is 0 Å². The molecule has 9 rings (SSSR count). The van der Waals surface area contributed by atoms with Gasteiger partial charge in [-0.15, -0.1) is 0 Å². The Kier molecular flexibility index (Phi) is 6.17. The SMILES string of the molecule is C(=Cc1cc2ccc3cccc4c3c2c(c1)n4-c1ccccc1)c1ccc(N(c2ccccc2)c2cccc3ccccc23)cc1. The van der Waals surface area contributed by atoms with Crippen molar-refractivity contribution in [3.05, 3.63) is 181 Å². The van der Waals surface area contributed by atoms with Crippen molar-refractivity contribution in [2.24, 2.45) is 0 Å². The summed E-state index contributed by atoms with van der Waals surface area (Å²) < 4.78 is 2.41. The number of fused-ring (bicyclic) bond motifs is 1. The summed E-state index contributed by atoms with van der Waals surface area (Å²) in [6.07, 6.45) is 4.46. The predicted molar refractivity (Wildman–Crippen MR) is 197 cm³/mol. The zero-order valence-corrected chi connectivity index (χ0v) is 25.2. The molecule has 46 heavy (non-hydrogen) atoms. The fourth-order valence-corrected chi connectivity index (χ4v) is 7.00. The molecule has 2 heteroatoms. The Morgan fingerprint density at radius 1 is 0.413 bits per heavy atom. The van der Waals surface area contributed by atoms with Crippen LogP contribution in [0.1, 0.15) is 11.1 Å². The molecule has 0 radical (unpaired) electrons. The van der Waals surface area contributed by atoms with E-state index in [0.717, 1.165) is 16.9 Å². The maximum atomic E-state index is 2.41. The van der Waals surface area contributed by atoms with Gasteiger partial charge in [-0.1, -0.05) is 121 Å². The Balaban J connectivity index is 1.12. The van der Waals surface area contributed by atoms with Gasteiger partial charge in [0.1, 0.15) is 0 Å². The van der Waals surface area contributed by atoms with Gasteiger partial charge in [-0.2, -0.15) is 0 Å². The van der Waals surface area contributed by atoms with Crippen LogP contribution in [0.5, 0.6) is 0 Å². The fraction of sp³-hybridized carbons (Fsp3) is 0. The normalized spacial score (nSPS) is 11.8. The summed E-state index contributed by atoms with van der Waals surface area (Å²) in [6, 6.07) is 61.0. The molecule has 1 aromatic heterocycles. The lowest BCUT2D eigenvalue weighted by atomic mass is 10.00. The molecule has 0 amide bonds. The van der Waals surface area contributed by atoms with Gasteiger partial charge < -0.3 is 9.47 Å². The fourth-order valence-electron chi connectivity index (χ4n) is 7.00. The van der Waals surface area contributed by atoms with E-state index in [1.165, 1.54) is 60.3 Å². The molecule has 8 aromatic carbocycles. The third-order valence-corrected chi connectivity index (χ3v) is 9.08. The first-order chi connectivity index (χ1) is 22.8. The van der Waals surface area contributed by atoms with Gasteiger partial charge in [-0.3, -0.25) is 0 Å². The largest absolute Gasteiger partial charge is 0.310 e. The quantitative estimate of drug-likeness (QED) is 0.139. The lowest BCUT2D eigenvalue weighted by Crippen LogP contribution is -2.10. The maximum Gasteiger partial charge on any atom is 0.0553 e. The van der Waals surface area contributed by atoms with Gasteiger partial charge in [0.25, 0.3) is 0 Å². The van der Waals surface area contributed by atoms with E-state index in [9.17, 15) is 0 Å². The van der Waals surface area contributed by atoms with Crippen LogP contribution < -0.4 is 4.90 Å². The lowest BCUT2D eigenvalue weighted by Gasteiger charge is -2.27. The van der Waals surface area contributed by atoms with Crippen molar-refractivity contribution in [1.29, 1.82) is 0 Å². The minimum Gasteiger partial charge on any atom is -0.310 e. The third kappa shape index (κ3) is 4.35. The molecule has 0 saturated carbocycles. The van der Waals surface area contributed by atoms with Crippen molar-refractivity contribution in [3.8, 4) is 5.69 Å². The van der Waals surface area contributed by atoms with E-state index < -0.39 is 0 Å². The second kappa shape index (κ2) is 10.8. The Morgan fingerprint density at radius 2 is 1.04 bits per heavy atom. The maximum absolute atomic E-state index is 2.41. The summed E-state index contributed by atoms with van der Waals surface area (Å²) in [5.74, 6) is 0. The lowest BCUT2D eigenvalue weighted by molar-refractivity contribution is 1.18. The van der Waals surface area contributed by atoms with Crippen LogP contribution in [0.3, 0.4) is 0 Å². The highest BCUT2D eigenvalue weighted by Crippen LogP contribution is 2.41. The molecular weight excluding hydrogens is 556 g/mol. The van der Waals surface area contributed by atoms with Crippen molar-refractivity contribution < 1.29 is 0 Å². The summed E-state index contributed by atoms with van der Waals surface area (Å²) in [5, 5.41) is 7.66. The van der Waals surface area contributed by atoms with Gasteiger partial charge in [0.2, 0.25) is 0 Å². The molecule has 0 N–H and O–H groups in total. The summed E-state index contributed by atoms with van der Waals surface area (Å²) >= 11 is 0. The topological polar surface area (TPSA) is 8.17 Å². The number of nitrogens with zero attached hydrogens (tertiary/aromatic N) is 2. The van der Waals surface area contributed by atoms with E-state index in [0.29, 0.717) is 0 Å². The highest BCUT2D eigenvalue weighted by Gasteiger charge is 2.17. The van der Waals surface area contributed by atoms with Gasteiger partial charge in [-0.05, 0) is 87.9 Å². The number of rotatable bonds is 6. The molecule has 9 aromatic rings. The summed E-state index contributed by atoms with van der Waals surface area (Å²) in [5.41, 5.74) is 9.42. The first-order valence-electron chi connectivity index (χ1n) is 15.8. The van der Waals surface area contributed by atoms with Crippen LogP contribution in [0.15, 0.2) is 170 Å². The average Bonchev–Trinajstić information content (AvgIpc) is 3.46. The highest BCUT2D eigenvalue weighted by atomic mass is 15.1. The summed E-state index contributed by atoms with van der Waals surface area (Å²) in [6.45, 7) is 0. The van der Waals surface area contributed by atoms with Crippen LogP contribution >= 0.6 is 0 Å². The monoisotopic (exact) mass is 586 g/mol. The Bertz CT molecular complexity index is 2500. The van der Waals surface area contributed by atoms with Gasteiger partial charge in [0.05, 0.1) is 16.7 Å². The summed E-state index contributed by atoms with van der Waals surface area (Å²) in [7, 11) is 0. The molecule has 0 bridgehead atoms. The van der Waals surface area contributed by atoms with Crippen molar-refractivity contribution in [1.82, 2.24) is 4.57 Å². The number of hydrogen-bond acceptors (Lipinski definition) is 1. The van der Waals surface area contributed by atoms with Gasteiger partial charge in [0, 0.05) is 33.2 Å². The molecule has 1 heterocycles. The number of para-hydroxylation sites is 2. The average molecular weight is 587 g/mol. The second-order valence-corrected chi connectivity index (χ2v) is 11.8. The molecule has 0 spiro atoms. The van der Waals surface area contributed by atoms with Crippen molar-refractivity contribution in [2.45, 2.75) is 0 Å². The first kappa shape index (κ1) is 26.3. The number of benzene rings is 8. The van der Waals surface area contributed by atoms with Crippen LogP contribution in [0.4, 0.5) is 17.1 Å². The third-order valence-electron chi connectivity index (χ3n) is 9.08. The number of hydrogen-bond donors (Lipinski definition) is 0. The Morgan fingerprint density at radius 3 is 1.89 bits per heavy atom. The zero-order chi connectivity index (χ0) is 30.5. The van der Waals surface area contributed by atoms with E-state index in [2.05, 4.69) is 191 Å². The van der Waals surface area contributed by atoms with Crippen molar-refractivity contribution >= 4 is 72.6 Å². The molecule has 2 nitrogen and oxygen atoms in total. The van der Waals surface area contributed by atoms with Crippen LogP contribution in [0.2, 0.25) is 0 Å². The van der Waals surface area contributed by atoms with Gasteiger partial charge >= 0.3 is 0 Å². The van der Waals surface area contributed by atoms with Crippen LogP contribution in [0.25, 0.3) is 61.2 Å². The van der Waals surface area contributed by atoms with Crippen molar-refractivity contribution in [3.63, 3.8) is 0 Å². The number of anilines is 3. The molecule has 0 fully saturated rings. The van der Waals surface area contributed by atoms with Crippen LogP contribution in [-0.2, 0) is 0 Å². The molecule has 0 aliphatic carbocycles.